The molecule has 20 heavy (non-hydrogen) atoms. The minimum atomic E-state index is -0.289. The predicted molar refractivity (Wildman–Crippen MR) is 75.6 cm³/mol. The maximum absolute atomic E-state index is 11.6. The molecule has 0 fully saturated rings. The van der Waals surface area contributed by atoms with Gasteiger partial charge in [-0.05, 0) is 31.0 Å². The van der Waals surface area contributed by atoms with E-state index in [1.807, 2.05) is 24.3 Å². The number of esters is 1. The Balaban J connectivity index is 2.20. The van der Waals surface area contributed by atoms with E-state index in [1.54, 1.807) is 14.0 Å². The molecule has 0 atom stereocenters. The summed E-state index contributed by atoms with van der Waals surface area (Å²) in [6, 6.07) is 7.61. The van der Waals surface area contributed by atoms with Crippen LogP contribution in [0.4, 0.5) is 0 Å². The number of methoxy groups -OCH3 is 1. The lowest BCUT2D eigenvalue weighted by atomic mass is 10.1. The number of carbonyl (C=O) groups is 2. The fourth-order valence-corrected chi connectivity index (χ4v) is 1.68. The Bertz CT molecular complexity index is 428. The van der Waals surface area contributed by atoms with Crippen LogP contribution in [-0.2, 0) is 20.7 Å². The Hall–Kier alpha value is -2.04. The van der Waals surface area contributed by atoms with Crippen LogP contribution < -0.4 is 10.1 Å². The topological polar surface area (TPSA) is 64.6 Å². The molecular weight excluding hydrogens is 258 g/mol. The maximum atomic E-state index is 11.6. The van der Waals surface area contributed by atoms with Crippen LogP contribution >= 0.6 is 0 Å². The summed E-state index contributed by atoms with van der Waals surface area (Å²) < 4.78 is 9.84. The van der Waals surface area contributed by atoms with Crippen molar-refractivity contribution in [3.63, 3.8) is 0 Å². The van der Waals surface area contributed by atoms with E-state index < -0.39 is 0 Å². The lowest BCUT2D eigenvalue weighted by Crippen LogP contribution is -2.26. The SMILES string of the molecule is CCOC(=O)CCNC(=O)CCc1ccc(OC)cc1. The lowest BCUT2D eigenvalue weighted by Gasteiger charge is -2.06. The van der Waals surface area contributed by atoms with Crippen molar-refractivity contribution in [2.24, 2.45) is 0 Å². The quantitative estimate of drug-likeness (QED) is 0.736. The van der Waals surface area contributed by atoms with Gasteiger partial charge in [0.15, 0.2) is 0 Å². The minimum Gasteiger partial charge on any atom is -0.497 e. The van der Waals surface area contributed by atoms with Gasteiger partial charge in [0, 0.05) is 13.0 Å². The van der Waals surface area contributed by atoms with E-state index in [-0.39, 0.29) is 18.3 Å². The molecule has 0 saturated carbocycles. The molecule has 0 spiro atoms. The largest absolute Gasteiger partial charge is 0.497 e. The summed E-state index contributed by atoms with van der Waals surface area (Å²) >= 11 is 0. The van der Waals surface area contributed by atoms with Crippen molar-refractivity contribution in [2.45, 2.75) is 26.2 Å². The Morgan fingerprint density at radius 2 is 1.85 bits per heavy atom. The number of rotatable bonds is 8. The maximum Gasteiger partial charge on any atom is 0.307 e. The van der Waals surface area contributed by atoms with Crippen molar-refractivity contribution in [1.29, 1.82) is 0 Å². The first-order chi connectivity index (χ1) is 9.65. The highest BCUT2D eigenvalue weighted by atomic mass is 16.5. The van der Waals surface area contributed by atoms with E-state index in [4.69, 9.17) is 9.47 Å². The highest BCUT2D eigenvalue weighted by Crippen LogP contribution is 2.12. The summed E-state index contributed by atoms with van der Waals surface area (Å²) in [7, 11) is 1.62. The van der Waals surface area contributed by atoms with Gasteiger partial charge in [0.05, 0.1) is 20.1 Å². The van der Waals surface area contributed by atoms with Crippen LogP contribution in [0, 0.1) is 0 Å². The van der Waals surface area contributed by atoms with Crippen LogP contribution in [0.1, 0.15) is 25.3 Å². The molecular formula is C15H21NO4. The molecule has 0 aromatic heterocycles. The average Bonchev–Trinajstić information content (AvgIpc) is 2.46. The third-order valence-corrected chi connectivity index (χ3v) is 2.76. The Morgan fingerprint density at radius 1 is 1.15 bits per heavy atom. The molecule has 0 aliphatic heterocycles. The molecule has 1 aromatic rings. The third kappa shape index (κ3) is 6.22. The molecule has 1 amide bonds. The average molecular weight is 279 g/mol. The van der Waals surface area contributed by atoms with Crippen LogP contribution in [0.15, 0.2) is 24.3 Å². The van der Waals surface area contributed by atoms with Gasteiger partial charge in [-0.2, -0.15) is 0 Å². The first-order valence-electron chi connectivity index (χ1n) is 6.71. The molecule has 1 aromatic carbocycles. The van der Waals surface area contributed by atoms with Crippen LogP contribution in [0.5, 0.6) is 5.75 Å². The van der Waals surface area contributed by atoms with Gasteiger partial charge in [-0.25, -0.2) is 0 Å². The predicted octanol–water partition coefficient (Wildman–Crippen LogP) is 1.70. The monoisotopic (exact) mass is 279 g/mol. The Morgan fingerprint density at radius 3 is 2.45 bits per heavy atom. The van der Waals surface area contributed by atoms with Gasteiger partial charge in [0.25, 0.3) is 0 Å². The van der Waals surface area contributed by atoms with E-state index in [9.17, 15) is 9.59 Å². The molecule has 5 nitrogen and oxygen atoms in total. The first-order valence-corrected chi connectivity index (χ1v) is 6.71. The fourth-order valence-electron chi connectivity index (χ4n) is 1.68. The van der Waals surface area contributed by atoms with Crippen molar-refractivity contribution in [3.8, 4) is 5.75 Å². The first kappa shape index (κ1) is 16.0. The highest BCUT2D eigenvalue weighted by molar-refractivity contribution is 5.77. The van der Waals surface area contributed by atoms with Crippen molar-refractivity contribution >= 4 is 11.9 Å². The molecule has 0 radical (unpaired) electrons. The van der Waals surface area contributed by atoms with Crippen molar-refractivity contribution in [2.75, 3.05) is 20.3 Å². The second kappa shape index (κ2) is 8.96. The molecule has 0 bridgehead atoms. The van der Waals surface area contributed by atoms with Crippen molar-refractivity contribution in [3.05, 3.63) is 29.8 Å². The normalized spacial score (nSPS) is 9.90. The summed E-state index contributed by atoms with van der Waals surface area (Å²) in [6.07, 6.45) is 1.27. The molecule has 0 heterocycles. The van der Waals surface area contributed by atoms with Gasteiger partial charge in [-0.3, -0.25) is 9.59 Å². The molecule has 5 heteroatoms. The summed E-state index contributed by atoms with van der Waals surface area (Å²) in [5.41, 5.74) is 1.08. The highest BCUT2D eigenvalue weighted by Gasteiger charge is 2.05. The number of benzene rings is 1. The van der Waals surface area contributed by atoms with E-state index in [1.165, 1.54) is 0 Å². The number of carbonyl (C=O) groups excluding carboxylic acids is 2. The van der Waals surface area contributed by atoms with Crippen LogP contribution in [0.3, 0.4) is 0 Å². The number of nitrogens with one attached hydrogen (secondary N) is 1. The molecule has 1 N–H and O–H groups in total. The van der Waals surface area contributed by atoms with E-state index in [2.05, 4.69) is 5.32 Å². The summed E-state index contributed by atoms with van der Waals surface area (Å²) in [4.78, 5) is 22.7. The summed E-state index contributed by atoms with van der Waals surface area (Å²) in [6.45, 7) is 2.44. The van der Waals surface area contributed by atoms with Gasteiger partial charge >= 0.3 is 5.97 Å². The van der Waals surface area contributed by atoms with Crippen LogP contribution in [0.25, 0.3) is 0 Å². The van der Waals surface area contributed by atoms with Gasteiger partial charge in [0.1, 0.15) is 5.75 Å². The molecule has 0 unspecified atom stereocenters. The number of hydrogen-bond acceptors (Lipinski definition) is 4. The Kier molecular flexibility index (Phi) is 7.17. The zero-order chi connectivity index (χ0) is 14.8. The summed E-state index contributed by atoms with van der Waals surface area (Å²) in [5.74, 6) is 0.445. The van der Waals surface area contributed by atoms with Gasteiger partial charge < -0.3 is 14.8 Å². The Labute approximate surface area is 119 Å². The smallest absolute Gasteiger partial charge is 0.307 e. The zero-order valence-electron chi connectivity index (χ0n) is 12.0. The lowest BCUT2D eigenvalue weighted by molar-refractivity contribution is -0.143. The standard InChI is InChI=1S/C15H21NO4/c1-3-20-15(18)10-11-16-14(17)9-6-12-4-7-13(19-2)8-5-12/h4-5,7-8H,3,6,9-11H2,1-2H3,(H,16,17). The van der Waals surface area contributed by atoms with Crippen LogP contribution in [0.2, 0.25) is 0 Å². The van der Waals surface area contributed by atoms with E-state index >= 15 is 0 Å². The van der Waals surface area contributed by atoms with Gasteiger partial charge in [-0.1, -0.05) is 12.1 Å². The number of aryl methyl sites for hydroxylation is 1. The number of hydrogen-bond donors (Lipinski definition) is 1. The van der Waals surface area contributed by atoms with Crippen LogP contribution in [-0.4, -0.2) is 32.1 Å². The molecule has 110 valence electrons. The van der Waals surface area contributed by atoms with Crippen molar-refractivity contribution in [1.82, 2.24) is 5.32 Å². The fraction of sp³-hybridized carbons (Fsp3) is 0.467. The van der Waals surface area contributed by atoms with Gasteiger partial charge in [-0.15, -0.1) is 0 Å². The number of ether oxygens (including phenoxy) is 2. The third-order valence-electron chi connectivity index (χ3n) is 2.76. The van der Waals surface area contributed by atoms with Gasteiger partial charge in [0.2, 0.25) is 5.91 Å². The van der Waals surface area contributed by atoms with Crippen molar-refractivity contribution < 1.29 is 19.1 Å². The molecule has 0 aliphatic carbocycles. The molecule has 0 aliphatic rings. The second-order valence-corrected chi connectivity index (χ2v) is 4.25. The number of amides is 1. The zero-order valence-corrected chi connectivity index (χ0v) is 12.0. The van der Waals surface area contributed by atoms with E-state index in [0.29, 0.717) is 26.0 Å². The molecule has 0 saturated heterocycles. The molecule has 1 rings (SSSR count). The summed E-state index contributed by atoms with van der Waals surface area (Å²) in [5, 5.41) is 2.70. The minimum absolute atomic E-state index is 0.0647. The second-order valence-electron chi connectivity index (χ2n) is 4.25. The van der Waals surface area contributed by atoms with E-state index in [0.717, 1.165) is 11.3 Å².